The van der Waals surface area contributed by atoms with Gasteiger partial charge < -0.3 is 5.32 Å². The molecule has 0 saturated heterocycles. The molecule has 170 valence electrons. The van der Waals surface area contributed by atoms with E-state index in [2.05, 4.69) is 26.1 Å². The van der Waals surface area contributed by atoms with Crippen LogP contribution in [-0.4, -0.2) is 39.4 Å². The Morgan fingerprint density at radius 2 is 1.74 bits per heavy atom. The van der Waals surface area contributed by atoms with E-state index < -0.39 is 10.0 Å². The molecule has 0 unspecified atom stereocenters. The number of carbonyl (C=O) groups excluding carboxylic acids is 1. The van der Waals surface area contributed by atoms with E-state index in [9.17, 15) is 13.2 Å². The molecule has 0 fully saturated rings. The summed E-state index contributed by atoms with van der Waals surface area (Å²) in [6.45, 7) is 6.54. The number of hydrogen-bond donors (Lipinski definition) is 1. The van der Waals surface area contributed by atoms with Gasteiger partial charge in [0.15, 0.2) is 0 Å². The van der Waals surface area contributed by atoms with E-state index in [4.69, 9.17) is 11.6 Å². The van der Waals surface area contributed by atoms with Crippen molar-refractivity contribution in [1.29, 1.82) is 0 Å². The molecule has 0 radical (unpaired) electrons. The number of halogens is 1. The van der Waals surface area contributed by atoms with Crippen LogP contribution in [0.3, 0.4) is 0 Å². The molecule has 2 aromatic rings. The fourth-order valence-electron chi connectivity index (χ4n) is 2.91. The monoisotopic (exact) mass is 482 g/mol. The van der Waals surface area contributed by atoms with Crippen LogP contribution in [0.1, 0.15) is 38.3 Å². The maximum absolute atomic E-state index is 12.4. The van der Waals surface area contributed by atoms with Gasteiger partial charge in [0.05, 0.1) is 11.9 Å². The number of benzene rings is 2. The summed E-state index contributed by atoms with van der Waals surface area (Å²) in [6, 6.07) is 15.1. The van der Waals surface area contributed by atoms with E-state index in [1.54, 1.807) is 23.9 Å². The molecule has 8 heteroatoms. The summed E-state index contributed by atoms with van der Waals surface area (Å²) in [5.74, 6) is 1.37. The number of sulfonamides is 1. The van der Waals surface area contributed by atoms with Gasteiger partial charge in [0, 0.05) is 17.3 Å². The van der Waals surface area contributed by atoms with Crippen molar-refractivity contribution in [3.8, 4) is 0 Å². The molecule has 2 aromatic carbocycles. The zero-order chi connectivity index (χ0) is 23.1. The molecule has 0 bridgehead atoms. The van der Waals surface area contributed by atoms with E-state index in [-0.39, 0.29) is 17.9 Å². The number of hydrogen-bond acceptors (Lipinski definition) is 4. The largest absolute Gasteiger partial charge is 0.354 e. The summed E-state index contributed by atoms with van der Waals surface area (Å²) in [6.07, 6.45) is 1.91. The van der Waals surface area contributed by atoms with Gasteiger partial charge in [0.2, 0.25) is 15.9 Å². The number of rotatable bonds is 10. The fraction of sp³-hybridized carbons (Fsp3) is 0.435. The Labute approximate surface area is 195 Å². The minimum atomic E-state index is -3.58. The average molecular weight is 483 g/mol. The molecule has 5 nitrogen and oxygen atoms in total. The maximum atomic E-state index is 12.4. The van der Waals surface area contributed by atoms with Gasteiger partial charge >= 0.3 is 0 Å². The highest BCUT2D eigenvalue weighted by molar-refractivity contribution is 7.98. The topological polar surface area (TPSA) is 66.5 Å². The number of amides is 1. The lowest BCUT2D eigenvalue weighted by Crippen LogP contribution is -2.40. The molecule has 0 aromatic heterocycles. The van der Waals surface area contributed by atoms with Crippen molar-refractivity contribution in [2.75, 3.05) is 29.4 Å². The standard InChI is InChI=1S/C23H31ClN2O3S2/c1-23(2,3)19-10-12-20(13-11-19)26(31(4,28)29)16-22(27)25-14-7-15-30-17-18-8-5-6-9-21(18)24/h5-6,8-13H,7,14-17H2,1-4H3,(H,25,27). The number of thioether (sulfide) groups is 1. The quantitative estimate of drug-likeness (QED) is 0.492. The van der Waals surface area contributed by atoms with Crippen LogP contribution in [0.5, 0.6) is 0 Å². The Morgan fingerprint density at radius 3 is 2.32 bits per heavy atom. The Hall–Kier alpha value is -1.70. The second-order valence-electron chi connectivity index (χ2n) is 8.41. The van der Waals surface area contributed by atoms with Crippen molar-refractivity contribution in [1.82, 2.24) is 5.32 Å². The summed E-state index contributed by atoms with van der Waals surface area (Å²) in [5.41, 5.74) is 2.65. The van der Waals surface area contributed by atoms with Gasteiger partial charge in [0.25, 0.3) is 0 Å². The Bertz CT molecular complexity index is 971. The highest BCUT2D eigenvalue weighted by atomic mass is 35.5. The van der Waals surface area contributed by atoms with E-state index in [1.165, 1.54) is 0 Å². The van der Waals surface area contributed by atoms with Crippen LogP contribution in [0.4, 0.5) is 5.69 Å². The predicted molar refractivity (Wildman–Crippen MR) is 133 cm³/mol. The number of anilines is 1. The number of nitrogens with one attached hydrogen (secondary N) is 1. The SMILES string of the molecule is CC(C)(C)c1ccc(N(CC(=O)NCCCSCc2ccccc2Cl)S(C)(=O)=O)cc1. The van der Waals surface area contributed by atoms with Crippen molar-refractivity contribution in [2.45, 2.75) is 38.4 Å². The molecule has 2 rings (SSSR count). The molecular weight excluding hydrogens is 452 g/mol. The fourth-order valence-corrected chi connectivity index (χ4v) is 5.02. The summed E-state index contributed by atoms with van der Waals surface area (Å²) < 4.78 is 25.7. The highest BCUT2D eigenvalue weighted by Crippen LogP contribution is 2.26. The van der Waals surface area contributed by atoms with E-state index >= 15 is 0 Å². The first-order valence-corrected chi connectivity index (χ1v) is 13.5. The second kappa shape index (κ2) is 11.2. The highest BCUT2D eigenvalue weighted by Gasteiger charge is 2.21. The second-order valence-corrected chi connectivity index (χ2v) is 11.8. The lowest BCUT2D eigenvalue weighted by atomic mass is 9.87. The minimum Gasteiger partial charge on any atom is -0.354 e. The molecule has 0 spiro atoms. The van der Waals surface area contributed by atoms with Crippen molar-refractivity contribution in [3.05, 3.63) is 64.7 Å². The van der Waals surface area contributed by atoms with Gasteiger partial charge in [-0.25, -0.2) is 8.42 Å². The third-order valence-electron chi connectivity index (χ3n) is 4.71. The summed E-state index contributed by atoms with van der Waals surface area (Å²) in [5, 5.41) is 3.58. The van der Waals surface area contributed by atoms with Crippen molar-refractivity contribution >= 4 is 45.0 Å². The summed E-state index contributed by atoms with van der Waals surface area (Å²) in [7, 11) is -3.58. The van der Waals surface area contributed by atoms with Gasteiger partial charge in [-0.05, 0) is 46.9 Å². The summed E-state index contributed by atoms with van der Waals surface area (Å²) in [4.78, 5) is 12.4. The van der Waals surface area contributed by atoms with E-state index in [0.29, 0.717) is 12.2 Å². The molecule has 0 saturated carbocycles. The minimum absolute atomic E-state index is 0.0321. The van der Waals surface area contributed by atoms with E-state index in [1.807, 2.05) is 36.4 Å². The van der Waals surface area contributed by atoms with Crippen molar-refractivity contribution in [2.24, 2.45) is 0 Å². The molecule has 1 N–H and O–H groups in total. The van der Waals surface area contributed by atoms with Gasteiger partial charge in [-0.15, -0.1) is 0 Å². The molecule has 0 aliphatic rings. The van der Waals surface area contributed by atoms with E-state index in [0.717, 1.165) is 44.6 Å². The van der Waals surface area contributed by atoms with Gasteiger partial charge in [-0.3, -0.25) is 9.10 Å². The summed E-state index contributed by atoms with van der Waals surface area (Å²) >= 11 is 7.90. The Morgan fingerprint density at radius 1 is 1.10 bits per heavy atom. The molecular formula is C23H31ClN2O3S2. The lowest BCUT2D eigenvalue weighted by Gasteiger charge is -2.24. The molecule has 1 amide bonds. The zero-order valence-electron chi connectivity index (χ0n) is 18.5. The Kier molecular flexibility index (Phi) is 9.28. The Balaban J connectivity index is 1.83. The average Bonchev–Trinajstić information content (AvgIpc) is 2.68. The molecule has 0 atom stereocenters. The van der Waals surface area contributed by atoms with Gasteiger partial charge in [-0.2, -0.15) is 11.8 Å². The van der Waals surface area contributed by atoms with Crippen molar-refractivity contribution < 1.29 is 13.2 Å². The zero-order valence-corrected chi connectivity index (χ0v) is 20.9. The smallest absolute Gasteiger partial charge is 0.240 e. The van der Waals surface area contributed by atoms with Crippen LogP contribution in [0.2, 0.25) is 5.02 Å². The first-order chi connectivity index (χ1) is 14.5. The normalized spacial score (nSPS) is 11.9. The number of carbonyl (C=O) groups is 1. The van der Waals surface area contributed by atoms with Crippen molar-refractivity contribution in [3.63, 3.8) is 0 Å². The van der Waals surface area contributed by atoms with Crippen LogP contribution in [-0.2, 0) is 26.0 Å². The van der Waals surface area contributed by atoms with Gasteiger partial charge in [0.1, 0.15) is 6.54 Å². The number of nitrogens with zero attached hydrogens (tertiary/aromatic N) is 1. The third-order valence-corrected chi connectivity index (χ3v) is 7.31. The molecule has 0 heterocycles. The van der Waals surface area contributed by atoms with Crippen LogP contribution in [0, 0.1) is 0 Å². The molecule has 0 aliphatic heterocycles. The molecule has 0 aliphatic carbocycles. The first-order valence-electron chi connectivity index (χ1n) is 10.1. The van der Waals surface area contributed by atoms with Crippen LogP contribution in [0.25, 0.3) is 0 Å². The molecule has 31 heavy (non-hydrogen) atoms. The van der Waals surface area contributed by atoms with Gasteiger partial charge in [-0.1, -0.05) is 62.7 Å². The lowest BCUT2D eigenvalue weighted by molar-refractivity contribution is -0.119. The van der Waals surface area contributed by atoms with Crippen LogP contribution >= 0.6 is 23.4 Å². The third kappa shape index (κ3) is 8.39. The van der Waals surface area contributed by atoms with Crippen LogP contribution in [0.15, 0.2) is 48.5 Å². The maximum Gasteiger partial charge on any atom is 0.240 e. The van der Waals surface area contributed by atoms with Crippen LogP contribution < -0.4 is 9.62 Å². The predicted octanol–water partition coefficient (Wildman–Crippen LogP) is 4.84. The first kappa shape index (κ1) is 25.6.